The first kappa shape index (κ1) is 21.3. The fraction of sp³-hybridized carbons (Fsp3) is 0.545. The first-order valence-electron chi connectivity index (χ1n) is 10.4. The summed E-state index contributed by atoms with van der Waals surface area (Å²) in [6, 6.07) is 10.4. The van der Waals surface area contributed by atoms with E-state index in [9.17, 15) is 0 Å². The van der Waals surface area contributed by atoms with Crippen LogP contribution in [0.5, 0.6) is 0 Å². The number of guanidine groups is 1. The number of ether oxygens (including phenoxy) is 2. The molecule has 0 amide bonds. The third kappa shape index (κ3) is 6.87. The summed E-state index contributed by atoms with van der Waals surface area (Å²) in [7, 11) is 3.57. The number of hydrogen-bond donors (Lipinski definition) is 1. The number of aromatic nitrogens is 2. The van der Waals surface area contributed by atoms with Gasteiger partial charge in [0.05, 0.1) is 18.8 Å². The van der Waals surface area contributed by atoms with Crippen LogP contribution in [0.25, 0.3) is 0 Å². The zero-order valence-corrected chi connectivity index (χ0v) is 17.6. The second kappa shape index (κ2) is 11.6. The molecular weight excluding hydrogens is 366 g/mol. The lowest BCUT2D eigenvalue weighted by atomic mass is 10.1. The molecule has 0 aliphatic carbocycles. The Bertz CT molecular complexity index is 739. The maximum atomic E-state index is 5.95. The van der Waals surface area contributed by atoms with Gasteiger partial charge in [-0.1, -0.05) is 30.3 Å². The predicted octanol–water partition coefficient (Wildman–Crippen LogP) is 2.52. The van der Waals surface area contributed by atoms with Crippen LogP contribution in [-0.2, 0) is 22.6 Å². The van der Waals surface area contributed by atoms with Crippen LogP contribution in [0.4, 0.5) is 0 Å². The van der Waals surface area contributed by atoms with Gasteiger partial charge in [0.1, 0.15) is 0 Å². The van der Waals surface area contributed by atoms with Crippen LogP contribution in [0.1, 0.15) is 30.4 Å². The highest BCUT2D eigenvalue weighted by atomic mass is 16.5. The Labute approximate surface area is 173 Å². The third-order valence-corrected chi connectivity index (χ3v) is 5.12. The van der Waals surface area contributed by atoms with Gasteiger partial charge in [-0.05, 0) is 24.8 Å². The van der Waals surface area contributed by atoms with E-state index in [0.717, 1.165) is 70.2 Å². The van der Waals surface area contributed by atoms with Crippen molar-refractivity contribution < 1.29 is 9.47 Å². The SMILES string of the molecule is CN=C(NCc1cnn(Cc2ccccc2)c1)N1CCC(OCCCOC)CC1. The van der Waals surface area contributed by atoms with Gasteiger partial charge in [0.2, 0.25) is 0 Å². The Morgan fingerprint density at radius 1 is 1.17 bits per heavy atom. The van der Waals surface area contributed by atoms with E-state index in [1.165, 1.54) is 5.56 Å². The van der Waals surface area contributed by atoms with E-state index in [1.54, 1.807) is 7.11 Å². The van der Waals surface area contributed by atoms with Crippen molar-refractivity contribution in [3.8, 4) is 0 Å². The Morgan fingerprint density at radius 2 is 1.97 bits per heavy atom. The lowest BCUT2D eigenvalue weighted by molar-refractivity contribution is 0.00989. The van der Waals surface area contributed by atoms with Gasteiger partial charge >= 0.3 is 0 Å². The molecule has 0 bridgehead atoms. The highest BCUT2D eigenvalue weighted by molar-refractivity contribution is 5.79. The largest absolute Gasteiger partial charge is 0.385 e. The number of rotatable bonds is 9. The van der Waals surface area contributed by atoms with E-state index in [4.69, 9.17) is 9.47 Å². The first-order valence-corrected chi connectivity index (χ1v) is 10.4. The molecule has 1 aliphatic rings. The summed E-state index contributed by atoms with van der Waals surface area (Å²) in [6.45, 7) is 4.96. The minimum atomic E-state index is 0.345. The molecule has 0 atom stereocenters. The molecule has 1 fully saturated rings. The van der Waals surface area contributed by atoms with E-state index in [1.807, 2.05) is 24.0 Å². The number of nitrogens with one attached hydrogen (secondary N) is 1. The van der Waals surface area contributed by atoms with Crippen LogP contribution in [0.15, 0.2) is 47.7 Å². The highest BCUT2D eigenvalue weighted by Gasteiger charge is 2.21. The van der Waals surface area contributed by atoms with Gasteiger partial charge in [-0.25, -0.2) is 0 Å². The van der Waals surface area contributed by atoms with Gasteiger partial charge < -0.3 is 19.7 Å². The number of piperidine rings is 1. The number of nitrogens with zero attached hydrogens (tertiary/aromatic N) is 4. The molecule has 7 nitrogen and oxygen atoms in total. The fourth-order valence-electron chi connectivity index (χ4n) is 3.56. The van der Waals surface area contributed by atoms with Crippen LogP contribution in [0, 0.1) is 0 Å². The van der Waals surface area contributed by atoms with Crippen molar-refractivity contribution in [2.45, 2.75) is 38.5 Å². The summed E-state index contributed by atoms with van der Waals surface area (Å²) in [6.07, 6.45) is 7.37. The average molecular weight is 400 g/mol. The smallest absolute Gasteiger partial charge is 0.193 e. The van der Waals surface area contributed by atoms with Gasteiger partial charge in [0.15, 0.2) is 5.96 Å². The molecule has 7 heteroatoms. The second-order valence-corrected chi connectivity index (χ2v) is 7.34. The molecule has 29 heavy (non-hydrogen) atoms. The number of aliphatic imine (C=N–C) groups is 1. The lowest BCUT2D eigenvalue weighted by Gasteiger charge is -2.34. The Morgan fingerprint density at radius 3 is 2.69 bits per heavy atom. The van der Waals surface area contributed by atoms with E-state index in [2.05, 4.69) is 50.8 Å². The van der Waals surface area contributed by atoms with Crippen molar-refractivity contribution in [2.24, 2.45) is 4.99 Å². The zero-order valence-electron chi connectivity index (χ0n) is 17.6. The van der Waals surface area contributed by atoms with Crippen molar-refractivity contribution in [2.75, 3.05) is 40.5 Å². The number of hydrogen-bond acceptors (Lipinski definition) is 4. The Kier molecular flexibility index (Phi) is 8.52. The topological polar surface area (TPSA) is 63.9 Å². The second-order valence-electron chi connectivity index (χ2n) is 7.34. The van der Waals surface area contributed by atoms with Crippen molar-refractivity contribution in [1.82, 2.24) is 20.0 Å². The molecule has 1 saturated heterocycles. The third-order valence-electron chi connectivity index (χ3n) is 5.12. The van der Waals surface area contributed by atoms with E-state index >= 15 is 0 Å². The molecule has 1 aromatic carbocycles. The quantitative estimate of drug-likeness (QED) is 0.399. The molecule has 0 saturated carbocycles. The van der Waals surface area contributed by atoms with Crippen LogP contribution < -0.4 is 5.32 Å². The molecule has 2 heterocycles. The summed E-state index contributed by atoms with van der Waals surface area (Å²) in [5.74, 6) is 0.943. The van der Waals surface area contributed by atoms with E-state index < -0.39 is 0 Å². The van der Waals surface area contributed by atoms with Crippen molar-refractivity contribution in [3.05, 3.63) is 53.9 Å². The maximum absolute atomic E-state index is 5.95. The number of likely N-dealkylation sites (tertiary alicyclic amines) is 1. The number of methoxy groups -OCH3 is 1. The lowest BCUT2D eigenvalue weighted by Crippen LogP contribution is -2.46. The Hall–Kier alpha value is -2.38. The summed E-state index contributed by atoms with van der Waals surface area (Å²) in [5, 5.41) is 7.95. The number of benzene rings is 1. The van der Waals surface area contributed by atoms with Crippen LogP contribution in [0.2, 0.25) is 0 Å². The van der Waals surface area contributed by atoms with Crippen LogP contribution in [-0.4, -0.2) is 67.2 Å². The molecule has 3 rings (SSSR count). The molecule has 0 spiro atoms. The fourth-order valence-corrected chi connectivity index (χ4v) is 3.56. The van der Waals surface area contributed by atoms with E-state index in [0.29, 0.717) is 6.10 Å². The maximum Gasteiger partial charge on any atom is 0.193 e. The molecule has 0 radical (unpaired) electrons. The minimum absolute atomic E-state index is 0.345. The standard InChI is InChI=1S/C22H33N5O2/c1-23-22(26-11-9-21(10-12-26)29-14-6-13-28-2)24-15-20-16-25-27(18-20)17-19-7-4-3-5-8-19/h3-5,7-8,16,18,21H,6,9-15,17H2,1-2H3,(H,23,24). The summed E-state index contributed by atoms with van der Waals surface area (Å²) >= 11 is 0. The molecule has 1 aromatic heterocycles. The summed E-state index contributed by atoms with van der Waals surface area (Å²) < 4.78 is 13.0. The molecule has 2 aromatic rings. The van der Waals surface area contributed by atoms with Gasteiger partial charge in [-0.2, -0.15) is 5.10 Å². The van der Waals surface area contributed by atoms with Gasteiger partial charge in [-0.3, -0.25) is 9.67 Å². The van der Waals surface area contributed by atoms with Gasteiger partial charge in [0.25, 0.3) is 0 Å². The first-order chi connectivity index (χ1) is 14.3. The summed E-state index contributed by atoms with van der Waals surface area (Å²) in [5.41, 5.74) is 2.40. The zero-order chi connectivity index (χ0) is 20.3. The molecule has 1 aliphatic heterocycles. The van der Waals surface area contributed by atoms with Crippen molar-refractivity contribution >= 4 is 5.96 Å². The van der Waals surface area contributed by atoms with E-state index in [-0.39, 0.29) is 0 Å². The molecular formula is C22H33N5O2. The normalized spacial score (nSPS) is 15.7. The van der Waals surface area contributed by atoms with Gasteiger partial charge in [-0.15, -0.1) is 0 Å². The average Bonchev–Trinajstić information content (AvgIpc) is 3.20. The van der Waals surface area contributed by atoms with Crippen molar-refractivity contribution in [3.63, 3.8) is 0 Å². The molecule has 0 unspecified atom stereocenters. The van der Waals surface area contributed by atoms with Crippen LogP contribution >= 0.6 is 0 Å². The highest BCUT2D eigenvalue weighted by Crippen LogP contribution is 2.14. The minimum Gasteiger partial charge on any atom is -0.385 e. The van der Waals surface area contributed by atoms with Crippen molar-refractivity contribution in [1.29, 1.82) is 0 Å². The Balaban J connectivity index is 1.41. The predicted molar refractivity (Wildman–Crippen MR) is 115 cm³/mol. The molecule has 1 N–H and O–H groups in total. The monoisotopic (exact) mass is 399 g/mol. The van der Waals surface area contributed by atoms with Crippen LogP contribution in [0.3, 0.4) is 0 Å². The van der Waals surface area contributed by atoms with Gasteiger partial charge in [0, 0.05) is 58.8 Å². The molecule has 158 valence electrons. The summed E-state index contributed by atoms with van der Waals surface area (Å²) in [4.78, 5) is 6.77.